The lowest BCUT2D eigenvalue weighted by Crippen LogP contribution is -2.31. The van der Waals surface area contributed by atoms with Gasteiger partial charge in [0.1, 0.15) is 11.3 Å². The first-order valence-electron chi connectivity index (χ1n) is 7.88. The summed E-state index contributed by atoms with van der Waals surface area (Å²) >= 11 is 0. The molecule has 1 aliphatic heterocycles. The molecule has 1 aliphatic rings. The van der Waals surface area contributed by atoms with E-state index < -0.39 is 5.60 Å². The highest BCUT2D eigenvalue weighted by Crippen LogP contribution is 2.31. The summed E-state index contributed by atoms with van der Waals surface area (Å²) in [5.41, 5.74) is 0.957. The van der Waals surface area contributed by atoms with E-state index in [1.807, 2.05) is 17.1 Å². The van der Waals surface area contributed by atoms with E-state index in [9.17, 15) is 5.11 Å². The van der Waals surface area contributed by atoms with Crippen LogP contribution in [0.3, 0.4) is 0 Å². The minimum Gasteiger partial charge on any atom is -0.382 e. The summed E-state index contributed by atoms with van der Waals surface area (Å²) in [6.45, 7) is 9.29. The molecule has 0 spiro atoms. The molecule has 2 aromatic rings. The molecule has 0 bridgehead atoms. The third-order valence-electron chi connectivity index (χ3n) is 4.26. The summed E-state index contributed by atoms with van der Waals surface area (Å²) in [4.78, 5) is 2.24. The number of rotatable bonds is 5. The smallest absolute Gasteiger partial charge is 0.124 e. The van der Waals surface area contributed by atoms with Gasteiger partial charge in [-0.3, -0.25) is 9.58 Å². The minimum atomic E-state index is -0.895. The Hall–Kier alpha value is -1.73. The first kappa shape index (κ1) is 15.2. The van der Waals surface area contributed by atoms with Gasteiger partial charge in [0.2, 0.25) is 0 Å². The van der Waals surface area contributed by atoms with Crippen LogP contribution in [-0.2, 0) is 18.7 Å². The fourth-order valence-electron chi connectivity index (χ4n) is 2.88. The van der Waals surface area contributed by atoms with Gasteiger partial charge in [-0.2, -0.15) is 5.10 Å². The second kappa shape index (κ2) is 5.81. The summed E-state index contributed by atoms with van der Waals surface area (Å²) < 4.78 is 3.72. The van der Waals surface area contributed by atoms with Crippen LogP contribution in [0.2, 0.25) is 0 Å². The van der Waals surface area contributed by atoms with E-state index in [-0.39, 0.29) is 6.04 Å². The van der Waals surface area contributed by atoms with Gasteiger partial charge in [0.05, 0.1) is 12.4 Å². The maximum Gasteiger partial charge on any atom is 0.124 e. The van der Waals surface area contributed by atoms with Gasteiger partial charge < -0.3 is 5.11 Å². The quantitative estimate of drug-likeness (QED) is 0.898. The van der Waals surface area contributed by atoms with Crippen LogP contribution in [0.4, 0.5) is 0 Å². The second-order valence-corrected chi connectivity index (χ2v) is 6.37. The average Bonchev–Trinajstić information content (AvgIpc) is 3.19. The number of likely N-dealkylation sites (tertiary alicyclic amines) is 1. The zero-order valence-electron chi connectivity index (χ0n) is 13.5. The standard InChI is InChI=1S/C15H24N6O/c1-4-20-9-13(7-16-20)8-19-6-5-15(22,11-19)14-10-21(12(2)3)18-17-14/h7,9-10,12,22H,4-6,8,11H2,1-3H3/t15-/m1/s1. The van der Waals surface area contributed by atoms with E-state index in [4.69, 9.17) is 0 Å². The molecule has 0 radical (unpaired) electrons. The highest BCUT2D eigenvalue weighted by atomic mass is 16.3. The molecule has 2 aromatic heterocycles. The van der Waals surface area contributed by atoms with Crippen LogP contribution in [0.15, 0.2) is 18.6 Å². The lowest BCUT2D eigenvalue weighted by atomic mass is 10.00. The molecule has 0 aromatic carbocycles. The predicted molar refractivity (Wildman–Crippen MR) is 82.1 cm³/mol. The number of hydrogen-bond donors (Lipinski definition) is 1. The van der Waals surface area contributed by atoms with E-state index in [2.05, 4.69) is 47.3 Å². The van der Waals surface area contributed by atoms with Gasteiger partial charge in [-0.05, 0) is 27.2 Å². The zero-order valence-corrected chi connectivity index (χ0v) is 13.5. The Labute approximate surface area is 130 Å². The lowest BCUT2D eigenvalue weighted by Gasteiger charge is -2.20. The Morgan fingerprint density at radius 3 is 2.82 bits per heavy atom. The summed E-state index contributed by atoms with van der Waals surface area (Å²) in [5.74, 6) is 0. The van der Waals surface area contributed by atoms with E-state index in [0.717, 1.165) is 19.6 Å². The van der Waals surface area contributed by atoms with Gasteiger partial charge in [-0.25, -0.2) is 4.68 Å². The first-order valence-corrected chi connectivity index (χ1v) is 7.88. The van der Waals surface area contributed by atoms with Gasteiger partial charge in [0, 0.05) is 44.0 Å². The lowest BCUT2D eigenvalue weighted by molar-refractivity contribution is 0.0408. The molecule has 7 nitrogen and oxygen atoms in total. The molecule has 0 saturated carbocycles. The molecule has 7 heteroatoms. The van der Waals surface area contributed by atoms with Crippen LogP contribution in [0.25, 0.3) is 0 Å². The Morgan fingerprint density at radius 1 is 1.36 bits per heavy atom. The molecule has 0 unspecified atom stereocenters. The van der Waals surface area contributed by atoms with Crippen molar-refractivity contribution in [2.24, 2.45) is 0 Å². The summed E-state index contributed by atoms with van der Waals surface area (Å²) in [5, 5.41) is 23.4. The number of β-amino-alcohol motifs (C(OH)–C–C–N with tert-alkyl or cyclic N) is 1. The van der Waals surface area contributed by atoms with E-state index >= 15 is 0 Å². The molecule has 1 atom stereocenters. The largest absolute Gasteiger partial charge is 0.382 e. The average molecular weight is 304 g/mol. The fraction of sp³-hybridized carbons (Fsp3) is 0.667. The second-order valence-electron chi connectivity index (χ2n) is 6.37. The van der Waals surface area contributed by atoms with Crippen LogP contribution in [0.5, 0.6) is 0 Å². The number of aliphatic hydroxyl groups is 1. The van der Waals surface area contributed by atoms with Crippen LogP contribution >= 0.6 is 0 Å². The molecule has 22 heavy (non-hydrogen) atoms. The highest BCUT2D eigenvalue weighted by Gasteiger charge is 2.40. The van der Waals surface area contributed by atoms with Gasteiger partial charge in [-0.1, -0.05) is 5.21 Å². The normalized spacial score (nSPS) is 22.8. The van der Waals surface area contributed by atoms with Crippen molar-refractivity contribution in [2.45, 2.75) is 51.9 Å². The van der Waals surface area contributed by atoms with Crippen molar-refractivity contribution in [2.75, 3.05) is 13.1 Å². The van der Waals surface area contributed by atoms with Gasteiger partial charge in [-0.15, -0.1) is 5.10 Å². The van der Waals surface area contributed by atoms with Crippen molar-refractivity contribution in [3.8, 4) is 0 Å². The molecule has 3 heterocycles. The molecule has 120 valence electrons. The van der Waals surface area contributed by atoms with Gasteiger partial charge in [0.25, 0.3) is 0 Å². The maximum atomic E-state index is 10.9. The van der Waals surface area contributed by atoms with Crippen molar-refractivity contribution in [1.82, 2.24) is 29.7 Å². The number of aryl methyl sites for hydroxylation is 1. The van der Waals surface area contributed by atoms with E-state index in [0.29, 0.717) is 18.7 Å². The Morgan fingerprint density at radius 2 is 2.18 bits per heavy atom. The number of aromatic nitrogens is 5. The highest BCUT2D eigenvalue weighted by molar-refractivity contribution is 5.12. The Kier molecular flexibility index (Phi) is 4.01. The van der Waals surface area contributed by atoms with Crippen LogP contribution in [0.1, 0.15) is 44.5 Å². The minimum absolute atomic E-state index is 0.252. The zero-order chi connectivity index (χ0) is 15.7. The third-order valence-corrected chi connectivity index (χ3v) is 4.26. The molecule has 1 saturated heterocycles. The topological polar surface area (TPSA) is 72.0 Å². The van der Waals surface area contributed by atoms with Gasteiger partial charge in [0.15, 0.2) is 0 Å². The molecule has 0 aliphatic carbocycles. The molecule has 1 fully saturated rings. The number of hydrogen-bond acceptors (Lipinski definition) is 5. The maximum absolute atomic E-state index is 10.9. The summed E-state index contributed by atoms with van der Waals surface area (Å²) in [6, 6.07) is 0.252. The van der Waals surface area contributed by atoms with Crippen LogP contribution < -0.4 is 0 Å². The van der Waals surface area contributed by atoms with Crippen LogP contribution in [-0.4, -0.2) is 47.9 Å². The fourth-order valence-corrected chi connectivity index (χ4v) is 2.88. The SMILES string of the molecule is CCn1cc(CN2CC[C@](O)(c3cn(C(C)C)nn3)C2)cn1. The van der Waals surface area contributed by atoms with E-state index in [1.165, 1.54) is 5.56 Å². The predicted octanol–water partition coefficient (Wildman–Crippen LogP) is 1.17. The Bertz CT molecular complexity index is 634. The van der Waals surface area contributed by atoms with Crippen molar-refractivity contribution in [1.29, 1.82) is 0 Å². The molecule has 0 amide bonds. The third kappa shape index (κ3) is 2.91. The van der Waals surface area contributed by atoms with E-state index in [1.54, 1.807) is 4.68 Å². The van der Waals surface area contributed by atoms with Crippen molar-refractivity contribution in [3.63, 3.8) is 0 Å². The van der Waals surface area contributed by atoms with Crippen LogP contribution in [0, 0.1) is 0 Å². The summed E-state index contributed by atoms with van der Waals surface area (Å²) in [7, 11) is 0. The summed E-state index contributed by atoms with van der Waals surface area (Å²) in [6.07, 6.45) is 6.51. The monoisotopic (exact) mass is 304 g/mol. The molecular formula is C15H24N6O. The molecule has 3 rings (SSSR count). The number of nitrogens with zero attached hydrogens (tertiary/aromatic N) is 6. The molecule has 1 N–H and O–H groups in total. The first-order chi connectivity index (χ1) is 10.5. The molecular weight excluding hydrogens is 280 g/mol. The van der Waals surface area contributed by atoms with Crippen molar-refractivity contribution >= 4 is 0 Å². The van der Waals surface area contributed by atoms with Gasteiger partial charge >= 0.3 is 0 Å². The Balaban J connectivity index is 1.67. The van der Waals surface area contributed by atoms with Crippen molar-refractivity contribution < 1.29 is 5.11 Å². The van der Waals surface area contributed by atoms with Crippen molar-refractivity contribution in [3.05, 3.63) is 29.8 Å².